The number of rotatable bonds is 7. The summed E-state index contributed by atoms with van der Waals surface area (Å²) in [7, 11) is 0. The van der Waals surface area contributed by atoms with Gasteiger partial charge in [-0.3, -0.25) is 9.69 Å². The highest BCUT2D eigenvalue weighted by atomic mass is 16.3. The van der Waals surface area contributed by atoms with Crippen molar-refractivity contribution < 1.29 is 9.90 Å². The zero-order valence-electron chi connectivity index (χ0n) is 17.4. The van der Waals surface area contributed by atoms with Gasteiger partial charge in [0.2, 0.25) is 0 Å². The standard InChI is InChI=1S/C24H36N2O2/c1-19(2)9-8-16-26-17-14-22(15-18-26)25-23(27)24(28,21-12-6-7-13-21)20-10-4-3-5-11-20/h3-5,8-11,19,21-22,28H,6-7,12-18H2,1-2H3,(H,25,27). The van der Waals surface area contributed by atoms with Crippen LogP contribution in [0.1, 0.15) is 57.9 Å². The number of carbonyl (C=O) groups is 1. The highest BCUT2D eigenvalue weighted by Gasteiger charge is 2.46. The minimum Gasteiger partial charge on any atom is -0.375 e. The van der Waals surface area contributed by atoms with Crippen molar-refractivity contribution in [1.82, 2.24) is 10.2 Å². The molecule has 0 bridgehead atoms. The molecule has 28 heavy (non-hydrogen) atoms. The Morgan fingerprint density at radius 2 is 1.82 bits per heavy atom. The van der Waals surface area contributed by atoms with Gasteiger partial charge in [0.05, 0.1) is 0 Å². The predicted octanol–water partition coefficient (Wildman–Crippen LogP) is 3.86. The molecule has 154 valence electrons. The average Bonchev–Trinajstić information content (AvgIpc) is 3.24. The van der Waals surface area contributed by atoms with E-state index in [9.17, 15) is 9.90 Å². The molecule has 2 aliphatic rings. The Labute approximate surface area is 170 Å². The van der Waals surface area contributed by atoms with E-state index in [4.69, 9.17) is 0 Å². The molecule has 0 radical (unpaired) electrons. The second kappa shape index (κ2) is 9.71. The quantitative estimate of drug-likeness (QED) is 0.702. The van der Waals surface area contributed by atoms with Gasteiger partial charge in [-0.2, -0.15) is 0 Å². The Bertz CT molecular complexity index is 644. The lowest BCUT2D eigenvalue weighted by atomic mass is 9.79. The van der Waals surface area contributed by atoms with Gasteiger partial charge in [0.15, 0.2) is 5.60 Å². The topological polar surface area (TPSA) is 52.6 Å². The first-order chi connectivity index (χ1) is 13.5. The molecule has 1 aliphatic carbocycles. The number of carbonyl (C=O) groups excluding carboxylic acids is 1. The second-order valence-electron chi connectivity index (χ2n) is 8.83. The van der Waals surface area contributed by atoms with Gasteiger partial charge in [-0.25, -0.2) is 0 Å². The van der Waals surface area contributed by atoms with E-state index in [0.717, 1.165) is 63.7 Å². The van der Waals surface area contributed by atoms with Gasteiger partial charge in [-0.05, 0) is 37.2 Å². The van der Waals surface area contributed by atoms with Crippen LogP contribution in [0.15, 0.2) is 42.5 Å². The number of benzene rings is 1. The molecule has 1 unspecified atom stereocenters. The Kier molecular flexibility index (Phi) is 7.30. The number of nitrogens with one attached hydrogen (secondary N) is 1. The lowest BCUT2D eigenvalue weighted by Crippen LogP contribution is -2.54. The average molecular weight is 385 g/mol. The van der Waals surface area contributed by atoms with Gasteiger partial charge < -0.3 is 10.4 Å². The monoisotopic (exact) mass is 384 g/mol. The molecule has 2 N–H and O–H groups in total. The van der Waals surface area contributed by atoms with Crippen LogP contribution in [-0.2, 0) is 10.4 Å². The van der Waals surface area contributed by atoms with Gasteiger partial charge >= 0.3 is 0 Å². The summed E-state index contributed by atoms with van der Waals surface area (Å²) in [4.78, 5) is 15.7. The molecule has 4 heteroatoms. The van der Waals surface area contributed by atoms with Crippen LogP contribution in [0.2, 0.25) is 0 Å². The third-order valence-corrected chi connectivity index (χ3v) is 6.31. The van der Waals surface area contributed by atoms with Crippen LogP contribution in [0, 0.1) is 11.8 Å². The van der Waals surface area contributed by atoms with Crippen molar-refractivity contribution in [3.05, 3.63) is 48.0 Å². The van der Waals surface area contributed by atoms with Crippen molar-refractivity contribution >= 4 is 5.91 Å². The van der Waals surface area contributed by atoms with Crippen LogP contribution < -0.4 is 5.32 Å². The Balaban J connectivity index is 1.60. The van der Waals surface area contributed by atoms with Crippen LogP contribution in [0.25, 0.3) is 0 Å². The van der Waals surface area contributed by atoms with Crippen molar-refractivity contribution in [3.63, 3.8) is 0 Å². The molecular weight excluding hydrogens is 348 g/mol. The van der Waals surface area contributed by atoms with Crippen molar-refractivity contribution in [1.29, 1.82) is 0 Å². The lowest BCUT2D eigenvalue weighted by molar-refractivity contribution is -0.148. The summed E-state index contributed by atoms with van der Waals surface area (Å²) in [6, 6.07) is 9.68. The zero-order valence-corrected chi connectivity index (χ0v) is 17.4. The summed E-state index contributed by atoms with van der Waals surface area (Å²) in [5, 5.41) is 14.8. The number of aliphatic hydroxyl groups is 1. The Morgan fingerprint density at radius 3 is 2.43 bits per heavy atom. The molecule has 1 aliphatic heterocycles. The summed E-state index contributed by atoms with van der Waals surface area (Å²) >= 11 is 0. The molecular formula is C24H36N2O2. The fraction of sp³-hybridized carbons (Fsp3) is 0.625. The SMILES string of the molecule is CC(C)C=CCN1CCC(NC(=O)C(O)(c2ccccc2)C2CCCC2)CC1. The fourth-order valence-electron chi connectivity index (χ4n) is 4.63. The minimum atomic E-state index is -1.41. The van der Waals surface area contributed by atoms with Gasteiger partial charge in [0.25, 0.3) is 5.91 Å². The van der Waals surface area contributed by atoms with Crippen molar-refractivity contribution in [3.8, 4) is 0 Å². The molecule has 1 amide bonds. The first kappa shape index (κ1) is 21.1. The molecule has 1 aromatic rings. The molecule has 2 fully saturated rings. The van der Waals surface area contributed by atoms with Gasteiger partial charge in [0.1, 0.15) is 0 Å². The number of hydrogen-bond donors (Lipinski definition) is 2. The Hall–Kier alpha value is -1.65. The molecule has 3 rings (SSSR count). The number of allylic oxidation sites excluding steroid dienone is 1. The maximum Gasteiger partial charge on any atom is 0.257 e. The molecule has 1 aromatic carbocycles. The van der Waals surface area contributed by atoms with E-state index in [1.54, 1.807) is 0 Å². The van der Waals surface area contributed by atoms with Crippen LogP contribution in [-0.4, -0.2) is 41.6 Å². The summed E-state index contributed by atoms with van der Waals surface area (Å²) < 4.78 is 0. The third kappa shape index (κ3) is 5.03. The summed E-state index contributed by atoms with van der Waals surface area (Å²) in [5.41, 5.74) is -0.676. The van der Waals surface area contributed by atoms with E-state index >= 15 is 0 Å². The van der Waals surface area contributed by atoms with Crippen molar-refractivity contribution in [2.24, 2.45) is 11.8 Å². The zero-order chi connectivity index (χ0) is 20.0. The number of nitrogens with zero attached hydrogens (tertiary/aromatic N) is 1. The third-order valence-electron chi connectivity index (χ3n) is 6.31. The van der Waals surface area contributed by atoms with Gasteiger partial charge in [-0.15, -0.1) is 0 Å². The van der Waals surface area contributed by atoms with Crippen LogP contribution >= 0.6 is 0 Å². The first-order valence-corrected chi connectivity index (χ1v) is 11.0. The van der Waals surface area contributed by atoms with Crippen LogP contribution in [0.4, 0.5) is 0 Å². The molecule has 1 heterocycles. The van der Waals surface area contributed by atoms with E-state index in [1.807, 2.05) is 30.3 Å². The smallest absolute Gasteiger partial charge is 0.257 e. The lowest BCUT2D eigenvalue weighted by Gasteiger charge is -2.37. The number of hydrogen-bond acceptors (Lipinski definition) is 3. The highest BCUT2D eigenvalue weighted by molar-refractivity contribution is 5.87. The van der Waals surface area contributed by atoms with E-state index < -0.39 is 5.60 Å². The molecule has 0 spiro atoms. The van der Waals surface area contributed by atoms with E-state index in [2.05, 4.69) is 36.2 Å². The number of amides is 1. The van der Waals surface area contributed by atoms with E-state index in [0.29, 0.717) is 5.92 Å². The molecule has 4 nitrogen and oxygen atoms in total. The highest BCUT2D eigenvalue weighted by Crippen LogP contribution is 2.41. The molecule has 1 saturated heterocycles. The minimum absolute atomic E-state index is 0.0103. The van der Waals surface area contributed by atoms with E-state index in [1.165, 1.54) is 0 Å². The van der Waals surface area contributed by atoms with E-state index in [-0.39, 0.29) is 17.9 Å². The summed E-state index contributed by atoms with van der Waals surface area (Å²) in [5.74, 6) is 0.392. The molecule has 1 saturated carbocycles. The normalized spacial score (nSPS) is 22.0. The Morgan fingerprint density at radius 1 is 1.18 bits per heavy atom. The van der Waals surface area contributed by atoms with Gasteiger partial charge in [-0.1, -0.05) is 69.2 Å². The fourth-order valence-corrected chi connectivity index (χ4v) is 4.63. The summed E-state index contributed by atoms with van der Waals surface area (Å²) in [6.07, 6.45) is 10.4. The largest absolute Gasteiger partial charge is 0.375 e. The molecule has 1 atom stereocenters. The van der Waals surface area contributed by atoms with Crippen LogP contribution in [0.5, 0.6) is 0 Å². The van der Waals surface area contributed by atoms with Crippen molar-refractivity contribution in [2.75, 3.05) is 19.6 Å². The van der Waals surface area contributed by atoms with Crippen LogP contribution in [0.3, 0.4) is 0 Å². The van der Waals surface area contributed by atoms with Gasteiger partial charge in [0, 0.05) is 31.6 Å². The second-order valence-corrected chi connectivity index (χ2v) is 8.83. The first-order valence-electron chi connectivity index (χ1n) is 11.0. The summed E-state index contributed by atoms with van der Waals surface area (Å²) in [6.45, 7) is 7.34. The number of likely N-dealkylation sites (tertiary alicyclic amines) is 1. The predicted molar refractivity (Wildman–Crippen MR) is 114 cm³/mol. The number of piperidine rings is 1. The maximum absolute atomic E-state index is 13.3. The van der Waals surface area contributed by atoms with Crippen molar-refractivity contribution in [2.45, 2.75) is 64.0 Å². The maximum atomic E-state index is 13.3. The molecule has 0 aromatic heterocycles.